The van der Waals surface area contributed by atoms with Gasteiger partial charge in [-0.05, 0) is 35.4 Å². The molecule has 6 rings (SSSR count). The summed E-state index contributed by atoms with van der Waals surface area (Å²) < 4.78 is 14.7. The molecule has 0 aromatic heterocycles. The molecule has 0 fully saturated rings. The minimum absolute atomic E-state index is 0. The van der Waals surface area contributed by atoms with Crippen LogP contribution in [0.5, 0.6) is 11.5 Å². The zero-order valence-electron chi connectivity index (χ0n) is 32.5. The van der Waals surface area contributed by atoms with Crippen LogP contribution in [-0.2, 0) is 37.0 Å². The van der Waals surface area contributed by atoms with E-state index in [0.717, 1.165) is 37.9 Å². The van der Waals surface area contributed by atoms with Gasteiger partial charge < -0.3 is 10.2 Å². The quantitative estimate of drug-likeness (QED) is 0.129. The van der Waals surface area contributed by atoms with E-state index >= 15 is 0 Å². The molecule has 6 aromatic carbocycles. The second kappa shape index (κ2) is 22.6. The van der Waals surface area contributed by atoms with Gasteiger partial charge in [-0.25, -0.2) is 4.39 Å². The Hall–Kier alpha value is -4.71. The number of rotatable bonds is 6. The molecule has 0 aliphatic carbocycles. The maximum absolute atomic E-state index is 13.8. The predicted octanol–water partition coefficient (Wildman–Crippen LogP) is 12.2. The molecule has 2 N–H and O–H groups in total. The number of aromatic hydroxyl groups is 2. The van der Waals surface area contributed by atoms with Gasteiger partial charge >= 0.3 is 26.2 Å². The molecule has 0 saturated heterocycles. The van der Waals surface area contributed by atoms with Crippen LogP contribution in [0.3, 0.4) is 0 Å². The van der Waals surface area contributed by atoms with E-state index in [2.05, 4.69) is 65.7 Å². The van der Waals surface area contributed by atoms with Crippen molar-refractivity contribution in [3.8, 4) is 11.5 Å². The van der Waals surface area contributed by atoms with Crippen LogP contribution in [0.15, 0.2) is 160 Å². The van der Waals surface area contributed by atoms with Crippen molar-refractivity contribution in [3.05, 3.63) is 214 Å². The van der Waals surface area contributed by atoms with Gasteiger partial charge in [-0.1, -0.05) is 116 Å². The summed E-state index contributed by atoms with van der Waals surface area (Å²) >= 11 is 3.51. The molecule has 55 heavy (non-hydrogen) atoms. The SMILES string of the molecule is CN=Cc1cc(Br)cc(C(C)(C)c2ccccc2)c1O.CN=Cc1cc(F)cc(C(C)(C)c2ccccc2)c1O.[CH2-]c1ccccc1.[CH2-]c1ccccc1.[Zr+2]. The van der Waals surface area contributed by atoms with Crippen molar-refractivity contribution in [1.82, 2.24) is 0 Å². The number of benzene rings is 6. The first-order valence-electron chi connectivity index (χ1n) is 17.5. The van der Waals surface area contributed by atoms with Crippen molar-refractivity contribution in [1.29, 1.82) is 0 Å². The fourth-order valence-electron chi connectivity index (χ4n) is 5.65. The number of phenolic OH excluding ortho intramolecular Hbond substituents is 2. The van der Waals surface area contributed by atoms with Crippen molar-refractivity contribution in [2.75, 3.05) is 14.1 Å². The van der Waals surface area contributed by atoms with Gasteiger partial charge in [0.15, 0.2) is 0 Å². The third-order valence-corrected chi connectivity index (χ3v) is 9.23. The number of halogens is 2. The minimum Gasteiger partial charge on any atom is -0.507 e. The van der Waals surface area contributed by atoms with E-state index < -0.39 is 5.41 Å². The molecule has 0 heterocycles. The first kappa shape index (κ1) is 46.4. The fraction of sp³-hybridized carbons (Fsp3) is 0.167. The van der Waals surface area contributed by atoms with E-state index in [1.54, 1.807) is 20.3 Å². The van der Waals surface area contributed by atoms with Crippen LogP contribution in [0.2, 0.25) is 0 Å². The molecule has 0 radical (unpaired) electrons. The Morgan fingerprint density at radius 1 is 0.545 bits per heavy atom. The van der Waals surface area contributed by atoms with Crippen LogP contribution in [0, 0.1) is 19.7 Å². The third kappa shape index (κ3) is 13.8. The number of phenols is 2. The molecule has 0 atom stereocenters. The Morgan fingerprint density at radius 3 is 1.20 bits per heavy atom. The first-order chi connectivity index (χ1) is 25.7. The topological polar surface area (TPSA) is 65.2 Å². The summed E-state index contributed by atoms with van der Waals surface area (Å²) in [6.45, 7) is 15.6. The standard InChI is InChI=1S/C17H18BrNO.C17H18FNO.2C7H7.Zr/c2*1-17(2,13-7-5-4-6-8-13)15-10-14(18)9-12(11-19-3)16(15)20;2*1-7-5-3-2-4-6-7;/h2*4-11,20H,1-3H3;2*2-6H,1H2;/q;;2*-1;+2. The molecular weight excluding hydrogens is 827 g/mol. The van der Waals surface area contributed by atoms with Crippen molar-refractivity contribution >= 4 is 28.4 Å². The zero-order valence-corrected chi connectivity index (χ0v) is 36.5. The van der Waals surface area contributed by atoms with Gasteiger partial charge in [0, 0.05) is 64.1 Å². The van der Waals surface area contributed by atoms with Gasteiger partial charge in [0.05, 0.1) is 0 Å². The Bertz CT molecular complexity index is 1940. The van der Waals surface area contributed by atoms with Gasteiger partial charge in [0.25, 0.3) is 0 Å². The summed E-state index contributed by atoms with van der Waals surface area (Å²) in [4.78, 5) is 7.85. The zero-order chi connectivity index (χ0) is 39.7. The van der Waals surface area contributed by atoms with Crippen molar-refractivity contribution < 1.29 is 40.8 Å². The monoisotopic (exact) mass is 874 g/mol. The van der Waals surface area contributed by atoms with Crippen molar-refractivity contribution in [2.24, 2.45) is 9.98 Å². The smallest absolute Gasteiger partial charge is 0.507 e. The Morgan fingerprint density at radius 2 is 0.873 bits per heavy atom. The van der Waals surface area contributed by atoms with E-state index in [-0.39, 0.29) is 48.9 Å². The molecule has 0 saturated carbocycles. The van der Waals surface area contributed by atoms with E-state index in [9.17, 15) is 14.6 Å². The van der Waals surface area contributed by atoms with E-state index in [4.69, 9.17) is 0 Å². The summed E-state index contributed by atoms with van der Waals surface area (Å²) in [7, 11) is 3.29. The second-order valence-corrected chi connectivity index (χ2v) is 14.4. The maximum Gasteiger partial charge on any atom is 2.00 e. The second-order valence-electron chi connectivity index (χ2n) is 13.5. The Labute approximate surface area is 355 Å². The minimum atomic E-state index is -0.496. The summed E-state index contributed by atoms with van der Waals surface area (Å²) in [5.74, 6) is -0.0183. The molecule has 0 spiro atoms. The largest absolute Gasteiger partial charge is 2.00 e. The molecule has 0 aliphatic heterocycles. The van der Waals surface area contributed by atoms with Crippen LogP contribution in [0.25, 0.3) is 0 Å². The molecular formula is C48H50BrFN2O2Zr. The average Bonchev–Trinajstić information content (AvgIpc) is 3.16. The van der Waals surface area contributed by atoms with E-state index in [0.29, 0.717) is 11.1 Å². The summed E-state index contributed by atoms with van der Waals surface area (Å²) in [6, 6.07) is 46.2. The van der Waals surface area contributed by atoms with Crippen LogP contribution in [0.4, 0.5) is 4.39 Å². The molecule has 4 nitrogen and oxygen atoms in total. The first-order valence-corrected chi connectivity index (χ1v) is 18.3. The number of nitrogens with zero attached hydrogens (tertiary/aromatic N) is 2. The maximum atomic E-state index is 13.8. The van der Waals surface area contributed by atoms with Crippen LogP contribution >= 0.6 is 15.9 Å². The number of hydrogen-bond donors (Lipinski definition) is 2. The summed E-state index contributed by atoms with van der Waals surface area (Å²) in [5, 5.41) is 20.9. The van der Waals surface area contributed by atoms with Gasteiger partial charge in [0.1, 0.15) is 17.3 Å². The molecule has 0 bridgehead atoms. The van der Waals surface area contributed by atoms with Crippen molar-refractivity contribution in [2.45, 2.75) is 38.5 Å². The predicted molar refractivity (Wildman–Crippen MR) is 230 cm³/mol. The molecule has 282 valence electrons. The fourth-order valence-corrected chi connectivity index (χ4v) is 6.12. The third-order valence-electron chi connectivity index (χ3n) is 8.77. The molecule has 0 amide bonds. The van der Waals surface area contributed by atoms with Crippen LogP contribution in [0.1, 0.15) is 72.2 Å². The molecule has 0 unspecified atom stereocenters. The van der Waals surface area contributed by atoms with Crippen LogP contribution in [-0.4, -0.2) is 36.7 Å². The summed E-state index contributed by atoms with van der Waals surface area (Å²) in [6.07, 6.45) is 3.13. The van der Waals surface area contributed by atoms with Gasteiger partial charge in [0.2, 0.25) is 0 Å². The Kier molecular flexibility index (Phi) is 19.1. The number of aliphatic imine (C=N–C) groups is 2. The normalized spacial score (nSPS) is 10.9. The number of hydrogen-bond acceptors (Lipinski definition) is 4. The molecule has 7 heteroatoms. The van der Waals surface area contributed by atoms with Gasteiger partial charge in [-0.15, -0.1) is 24.3 Å². The average molecular weight is 877 g/mol. The van der Waals surface area contributed by atoms with E-state index in [1.165, 1.54) is 18.3 Å². The van der Waals surface area contributed by atoms with Gasteiger partial charge in [-0.3, -0.25) is 9.98 Å². The Balaban J connectivity index is 0.000000278. The molecule has 6 aromatic rings. The van der Waals surface area contributed by atoms with Crippen molar-refractivity contribution in [3.63, 3.8) is 0 Å². The van der Waals surface area contributed by atoms with Gasteiger partial charge in [-0.2, -0.15) is 49.2 Å². The molecule has 0 aliphatic rings. The van der Waals surface area contributed by atoms with Crippen LogP contribution < -0.4 is 0 Å². The van der Waals surface area contributed by atoms with E-state index in [1.807, 2.05) is 135 Å². The summed E-state index contributed by atoms with van der Waals surface area (Å²) in [5.41, 5.74) is 6.09.